The lowest BCUT2D eigenvalue weighted by molar-refractivity contribution is 0.473. The van der Waals surface area contributed by atoms with Gasteiger partial charge in [0.25, 0.3) is 0 Å². The first-order valence-electron chi connectivity index (χ1n) is 10.0. The van der Waals surface area contributed by atoms with E-state index in [9.17, 15) is 9.50 Å². The molecule has 0 saturated carbocycles. The quantitative estimate of drug-likeness (QED) is 0.343. The number of H-pyrrole nitrogens is 2. The first-order valence-corrected chi connectivity index (χ1v) is 10.0. The fourth-order valence-electron chi connectivity index (χ4n) is 4.01. The maximum absolute atomic E-state index is 13.8. The van der Waals surface area contributed by atoms with Crippen LogP contribution in [0.5, 0.6) is 5.75 Å². The van der Waals surface area contributed by atoms with Crippen LogP contribution in [-0.4, -0.2) is 30.3 Å². The number of aromatic hydroxyl groups is 1. The molecule has 0 aliphatic rings. The molecule has 6 nitrogen and oxygen atoms in total. The second kappa shape index (κ2) is 7.02. The second-order valence-electron chi connectivity index (χ2n) is 7.56. The number of nitrogens with zero attached hydrogens (tertiary/aromatic N) is 3. The number of hydrogen-bond donors (Lipinski definition) is 3. The average molecular weight is 421 g/mol. The summed E-state index contributed by atoms with van der Waals surface area (Å²) in [6.07, 6.45) is 3.04. The van der Waals surface area contributed by atoms with E-state index >= 15 is 0 Å². The van der Waals surface area contributed by atoms with Gasteiger partial charge in [-0.2, -0.15) is 5.10 Å². The fourth-order valence-corrected chi connectivity index (χ4v) is 4.01. The molecule has 0 radical (unpaired) electrons. The molecule has 0 fully saturated rings. The largest absolute Gasteiger partial charge is 0.506 e. The first kappa shape index (κ1) is 18.3. The number of nitrogens with one attached hydrogen (secondary N) is 2. The number of benzene rings is 2. The van der Waals surface area contributed by atoms with Crippen LogP contribution < -0.4 is 0 Å². The van der Waals surface area contributed by atoms with Crippen LogP contribution in [0.4, 0.5) is 4.39 Å². The Hall–Kier alpha value is -4.52. The summed E-state index contributed by atoms with van der Waals surface area (Å²) in [5.74, 6) is -0.191. The van der Waals surface area contributed by atoms with Gasteiger partial charge < -0.3 is 10.1 Å². The van der Waals surface area contributed by atoms with Crippen molar-refractivity contribution in [3.63, 3.8) is 0 Å². The molecule has 154 valence electrons. The summed E-state index contributed by atoms with van der Waals surface area (Å²) < 4.78 is 13.8. The van der Waals surface area contributed by atoms with Gasteiger partial charge in [0.05, 0.1) is 23.1 Å². The van der Waals surface area contributed by atoms with E-state index in [1.807, 2.05) is 42.5 Å². The van der Waals surface area contributed by atoms with Gasteiger partial charge in [-0.15, -0.1) is 0 Å². The molecule has 0 atom stereocenters. The minimum atomic E-state index is -0.272. The van der Waals surface area contributed by atoms with Crippen molar-refractivity contribution in [3.05, 3.63) is 84.9 Å². The third kappa shape index (κ3) is 2.99. The van der Waals surface area contributed by atoms with Crippen molar-refractivity contribution < 1.29 is 9.50 Å². The Morgan fingerprint density at radius 1 is 0.844 bits per heavy atom. The predicted molar refractivity (Wildman–Crippen MR) is 121 cm³/mol. The minimum Gasteiger partial charge on any atom is -0.506 e. The van der Waals surface area contributed by atoms with Crippen LogP contribution in [0.2, 0.25) is 0 Å². The van der Waals surface area contributed by atoms with Gasteiger partial charge in [0.1, 0.15) is 22.8 Å². The average Bonchev–Trinajstić information content (AvgIpc) is 3.42. The third-order valence-corrected chi connectivity index (χ3v) is 5.48. The predicted octanol–water partition coefficient (Wildman–Crippen LogP) is 5.68. The summed E-state index contributed by atoms with van der Waals surface area (Å²) in [7, 11) is 0. The van der Waals surface area contributed by atoms with Gasteiger partial charge in [-0.3, -0.25) is 10.1 Å². The van der Waals surface area contributed by atoms with E-state index in [4.69, 9.17) is 4.98 Å². The molecule has 0 aliphatic carbocycles. The molecule has 0 unspecified atom stereocenters. The van der Waals surface area contributed by atoms with E-state index in [0.717, 1.165) is 33.2 Å². The maximum Gasteiger partial charge on any atom is 0.135 e. The smallest absolute Gasteiger partial charge is 0.135 e. The van der Waals surface area contributed by atoms with Crippen LogP contribution in [0, 0.1) is 5.82 Å². The van der Waals surface area contributed by atoms with E-state index < -0.39 is 0 Å². The SMILES string of the molecule is Oc1cncc(-c2ccc3[nH]nc(-c4cc5c(-c6cccc(F)c6)cccc5[nH]4)c3n2)c1. The topological polar surface area (TPSA) is 90.5 Å². The zero-order chi connectivity index (χ0) is 21.7. The second-order valence-corrected chi connectivity index (χ2v) is 7.56. The molecule has 7 heteroatoms. The zero-order valence-electron chi connectivity index (χ0n) is 16.7. The lowest BCUT2D eigenvalue weighted by Crippen LogP contribution is -1.86. The highest BCUT2D eigenvalue weighted by Crippen LogP contribution is 2.34. The van der Waals surface area contributed by atoms with E-state index in [0.29, 0.717) is 22.5 Å². The summed E-state index contributed by atoms with van der Waals surface area (Å²) >= 11 is 0. The molecule has 3 N–H and O–H groups in total. The van der Waals surface area contributed by atoms with Crippen LogP contribution in [-0.2, 0) is 0 Å². The van der Waals surface area contributed by atoms with Crippen LogP contribution in [0.3, 0.4) is 0 Å². The molecule has 0 aliphatic heterocycles. The molecule has 32 heavy (non-hydrogen) atoms. The summed E-state index contributed by atoms with van der Waals surface area (Å²) in [4.78, 5) is 12.2. The van der Waals surface area contributed by atoms with E-state index in [2.05, 4.69) is 20.2 Å². The summed E-state index contributed by atoms with van der Waals surface area (Å²) in [5, 5.41) is 18.2. The van der Waals surface area contributed by atoms with Crippen molar-refractivity contribution in [1.29, 1.82) is 0 Å². The fraction of sp³-hybridized carbons (Fsp3) is 0. The van der Waals surface area contributed by atoms with Crippen molar-refractivity contribution in [2.24, 2.45) is 0 Å². The Labute approximate surface area is 181 Å². The number of aromatic amines is 2. The molecular weight excluding hydrogens is 405 g/mol. The standard InChI is InChI=1S/C25H16FN5O/c26-16-4-1-3-14(9-16)18-5-2-6-21-19(18)11-23(28-21)25-24-22(30-31-25)8-7-20(29-24)15-10-17(32)13-27-12-15/h1-13,28,32H,(H,30,31). The monoisotopic (exact) mass is 421 g/mol. The number of aromatic nitrogens is 5. The summed E-state index contributed by atoms with van der Waals surface area (Å²) in [6, 6.07) is 19.9. The molecule has 0 saturated heterocycles. The highest BCUT2D eigenvalue weighted by Gasteiger charge is 2.15. The van der Waals surface area contributed by atoms with Crippen LogP contribution in [0.15, 0.2) is 79.1 Å². The first-order chi connectivity index (χ1) is 15.7. The van der Waals surface area contributed by atoms with Gasteiger partial charge in [-0.05, 0) is 53.6 Å². The molecule has 6 rings (SSSR count). The lowest BCUT2D eigenvalue weighted by atomic mass is 10.0. The summed E-state index contributed by atoms with van der Waals surface area (Å²) in [5.41, 5.74) is 7.03. The van der Waals surface area contributed by atoms with Crippen molar-refractivity contribution in [3.8, 4) is 39.5 Å². The Kier molecular flexibility index (Phi) is 4.01. The molecule has 6 aromatic rings. The Balaban J connectivity index is 1.51. The van der Waals surface area contributed by atoms with E-state index in [1.165, 1.54) is 18.3 Å². The van der Waals surface area contributed by atoms with Crippen LogP contribution >= 0.6 is 0 Å². The van der Waals surface area contributed by atoms with Crippen molar-refractivity contribution in [2.45, 2.75) is 0 Å². The van der Waals surface area contributed by atoms with Crippen molar-refractivity contribution >= 4 is 21.9 Å². The number of fused-ring (bicyclic) bond motifs is 2. The molecule has 0 spiro atoms. The van der Waals surface area contributed by atoms with E-state index in [1.54, 1.807) is 18.3 Å². The Morgan fingerprint density at radius 3 is 2.62 bits per heavy atom. The number of pyridine rings is 2. The lowest BCUT2D eigenvalue weighted by Gasteiger charge is -2.03. The van der Waals surface area contributed by atoms with E-state index in [-0.39, 0.29) is 11.6 Å². The summed E-state index contributed by atoms with van der Waals surface area (Å²) in [6.45, 7) is 0. The van der Waals surface area contributed by atoms with Gasteiger partial charge in [0, 0.05) is 22.7 Å². The third-order valence-electron chi connectivity index (χ3n) is 5.48. The number of halogens is 1. The number of rotatable bonds is 3. The normalized spacial score (nSPS) is 11.4. The van der Waals surface area contributed by atoms with Gasteiger partial charge >= 0.3 is 0 Å². The molecular formula is C25H16FN5O. The van der Waals surface area contributed by atoms with Crippen molar-refractivity contribution in [2.75, 3.05) is 0 Å². The highest BCUT2D eigenvalue weighted by molar-refractivity contribution is 6.00. The maximum atomic E-state index is 13.8. The molecule has 4 heterocycles. The highest BCUT2D eigenvalue weighted by atomic mass is 19.1. The van der Waals surface area contributed by atoms with Crippen LogP contribution in [0.25, 0.3) is 55.7 Å². The Morgan fingerprint density at radius 2 is 1.75 bits per heavy atom. The Bertz CT molecular complexity index is 1620. The molecule has 4 aromatic heterocycles. The van der Waals surface area contributed by atoms with Gasteiger partial charge in [0.15, 0.2) is 0 Å². The van der Waals surface area contributed by atoms with Crippen LogP contribution in [0.1, 0.15) is 0 Å². The van der Waals surface area contributed by atoms with Gasteiger partial charge in [0.2, 0.25) is 0 Å². The van der Waals surface area contributed by atoms with Gasteiger partial charge in [-0.1, -0.05) is 24.3 Å². The number of hydrogen-bond acceptors (Lipinski definition) is 4. The van der Waals surface area contributed by atoms with Gasteiger partial charge in [-0.25, -0.2) is 9.37 Å². The van der Waals surface area contributed by atoms with Crippen molar-refractivity contribution in [1.82, 2.24) is 25.1 Å². The molecule has 2 aromatic carbocycles. The molecule has 0 amide bonds. The zero-order valence-corrected chi connectivity index (χ0v) is 16.7. The minimum absolute atomic E-state index is 0.0808. The molecule has 0 bridgehead atoms.